The maximum Gasteiger partial charge on any atom is 0.305 e. The molecule has 0 atom stereocenters. The zero-order chi connectivity index (χ0) is 19.9. The van der Waals surface area contributed by atoms with Gasteiger partial charge < -0.3 is 14.2 Å². The highest BCUT2D eigenvalue weighted by Gasteiger charge is 2.12. The number of aryl methyl sites for hydroxylation is 1. The first kappa shape index (κ1) is 22.6. The molecule has 0 heterocycles. The summed E-state index contributed by atoms with van der Waals surface area (Å²) < 4.78 is 15.3. The van der Waals surface area contributed by atoms with Crippen LogP contribution in [0.1, 0.15) is 56.1 Å². The van der Waals surface area contributed by atoms with Crippen LogP contribution in [-0.2, 0) is 31.9 Å². The number of rotatable bonds is 13. The summed E-state index contributed by atoms with van der Waals surface area (Å²) in [6.45, 7) is 0.423. The van der Waals surface area contributed by atoms with E-state index in [9.17, 15) is 9.59 Å². The van der Waals surface area contributed by atoms with Crippen molar-refractivity contribution in [2.45, 2.75) is 57.8 Å². The lowest BCUT2D eigenvalue weighted by Crippen LogP contribution is -2.08. The number of esters is 2. The van der Waals surface area contributed by atoms with E-state index in [0.29, 0.717) is 32.3 Å². The van der Waals surface area contributed by atoms with E-state index in [1.54, 1.807) is 0 Å². The van der Waals surface area contributed by atoms with Crippen LogP contribution in [0.15, 0.2) is 18.2 Å². The summed E-state index contributed by atoms with van der Waals surface area (Å²) in [6, 6.07) is 5.95. The van der Waals surface area contributed by atoms with Crippen LogP contribution < -0.4 is 4.74 Å². The molecule has 27 heavy (non-hydrogen) atoms. The Bertz CT molecular complexity index is 630. The first-order valence-electron chi connectivity index (χ1n) is 9.43. The maximum absolute atomic E-state index is 11.6. The monoisotopic (exact) mass is 374 g/mol. The average molecular weight is 374 g/mol. The number of unbranched alkanes of at least 4 members (excludes halogenated alkanes) is 3. The van der Waals surface area contributed by atoms with Crippen LogP contribution in [0.2, 0.25) is 0 Å². The van der Waals surface area contributed by atoms with Gasteiger partial charge in [0, 0.05) is 19.3 Å². The fraction of sp³-hybridized carbons (Fsp3) is 0.545. The SMILES string of the molecule is C#CCCCCCc1cccc(OCCCC(=O)OC)c1CCC(=O)OC. The van der Waals surface area contributed by atoms with E-state index in [1.165, 1.54) is 19.8 Å². The lowest BCUT2D eigenvalue weighted by Gasteiger charge is -2.15. The molecule has 0 bridgehead atoms. The number of hydrogen-bond acceptors (Lipinski definition) is 5. The van der Waals surface area contributed by atoms with Crippen LogP contribution in [0, 0.1) is 12.3 Å². The zero-order valence-electron chi connectivity index (χ0n) is 16.4. The predicted octanol–water partition coefficient (Wildman–Crippen LogP) is 3.86. The molecule has 0 saturated carbocycles. The van der Waals surface area contributed by atoms with Gasteiger partial charge in [-0.2, -0.15) is 0 Å². The quantitative estimate of drug-likeness (QED) is 0.298. The molecular formula is C22H30O5. The van der Waals surface area contributed by atoms with Crippen molar-refractivity contribution in [2.75, 3.05) is 20.8 Å². The van der Waals surface area contributed by atoms with E-state index in [0.717, 1.165) is 43.4 Å². The smallest absolute Gasteiger partial charge is 0.305 e. The molecule has 0 spiro atoms. The number of carbonyl (C=O) groups is 2. The van der Waals surface area contributed by atoms with Crippen LogP contribution in [0.5, 0.6) is 5.75 Å². The fourth-order valence-electron chi connectivity index (χ4n) is 2.81. The van der Waals surface area contributed by atoms with Gasteiger partial charge in [0.25, 0.3) is 0 Å². The summed E-state index contributed by atoms with van der Waals surface area (Å²) in [5, 5.41) is 0. The van der Waals surface area contributed by atoms with Gasteiger partial charge in [-0.05, 0) is 49.3 Å². The van der Waals surface area contributed by atoms with Crippen molar-refractivity contribution in [3.63, 3.8) is 0 Å². The van der Waals surface area contributed by atoms with Crippen molar-refractivity contribution < 1.29 is 23.8 Å². The second-order valence-corrected chi connectivity index (χ2v) is 6.26. The number of terminal acetylenes is 1. The van der Waals surface area contributed by atoms with Gasteiger partial charge in [-0.15, -0.1) is 12.3 Å². The van der Waals surface area contributed by atoms with Crippen molar-refractivity contribution in [2.24, 2.45) is 0 Å². The third-order valence-electron chi connectivity index (χ3n) is 4.31. The van der Waals surface area contributed by atoms with Gasteiger partial charge in [0.1, 0.15) is 5.75 Å². The minimum Gasteiger partial charge on any atom is -0.493 e. The minimum absolute atomic E-state index is 0.240. The van der Waals surface area contributed by atoms with Crippen LogP contribution in [0.3, 0.4) is 0 Å². The Kier molecular flexibility index (Phi) is 11.4. The van der Waals surface area contributed by atoms with Crippen LogP contribution in [0.4, 0.5) is 0 Å². The van der Waals surface area contributed by atoms with Gasteiger partial charge in [-0.3, -0.25) is 9.59 Å². The maximum atomic E-state index is 11.6. The molecule has 0 radical (unpaired) electrons. The molecule has 1 rings (SSSR count). The third kappa shape index (κ3) is 9.14. The summed E-state index contributed by atoms with van der Waals surface area (Å²) >= 11 is 0. The van der Waals surface area contributed by atoms with Gasteiger partial charge in [-0.1, -0.05) is 18.6 Å². The van der Waals surface area contributed by atoms with Crippen LogP contribution in [0.25, 0.3) is 0 Å². The molecule has 0 fully saturated rings. The van der Waals surface area contributed by atoms with Gasteiger partial charge in [-0.25, -0.2) is 0 Å². The Morgan fingerprint density at radius 3 is 2.41 bits per heavy atom. The second-order valence-electron chi connectivity index (χ2n) is 6.26. The first-order valence-corrected chi connectivity index (χ1v) is 9.43. The Morgan fingerprint density at radius 1 is 0.963 bits per heavy atom. The summed E-state index contributed by atoms with van der Waals surface area (Å²) in [6.07, 6.45) is 11.9. The Labute approximate surface area is 162 Å². The van der Waals surface area contributed by atoms with Crippen LogP contribution >= 0.6 is 0 Å². The highest BCUT2D eigenvalue weighted by molar-refractivity contribution is 5.70. The average Bonchev–Trinajstić information content (AvgIpc) is 2.69. The van der Waals surface area contributed by atoms with Gasteiger partial charge in [0.05, 0.1) is 20.8 Å². The fourth-order valence-corrected chi connectivity index (χ4v) is 2.81. The molecule has 0 aliphatic heterocycles. The van der Waals surface area contributed by atoms with Gasteiger partial charge in [0.2, 0.25) is 0 Å². The standard InChI is InChI=1S/C22H30O5/c1-4-5-6-7-8-11-18-12-9-13-20(19(18)15-16-22(24)26-3)27-17-10-14-21(23)25-2/h1,9,12-13H,5-8,10-11,14-17H2,2-3H3. The first-order chi connectivity index (χ1) is 13.1. The molecule has 0 unspecified atom stereocenters. The third-order valence-corrected chi connectivity index (χ3v) is 4.31. The van der Waals surface area contributed by atoms with E-state index in [4.69, 9.17) is 15.9 Å². The van der Waals surface area contributed by atoms with E-state index in [2.05, 4.69) is 16.7 Å². The van der Waals surface area contributed by atoms with Gasteiger partial charge in [0.15, 0.2) is 0 Å². The molecule has 0 amide bonds. The Morgan fingerprint density at radius 2 is 1.70 bits per heavy atom. The molecule has 0 saturated heterocycles. The van der Waals surface area contributed by atoms with E-state index < -0.39 is 0 Å². The number of methoxy groups -OCH3 is 2. The summed E-state index contributed by atoms with van der Waals surface area (Å²) in [4.78, 5) is 22.8. The molecule has 5 heteroatoms. The van der Waals surface area contributed by atoms with E-state index in [-0.39, 0.29) is 11.9 Å². The van der Waals surface area contributed by atoms with Crippen molar-refractivity contribution in [3.8, 4) is 18.1 Å². The van der Waals surface area contributed by atoms with Crippen molar-refractivity contribution in [3.05, 3.63) is 29.3 Å². The van der Waals surface area contributed by atoms with Crippen molar-refractivity contribution in [1.82, 2.24) is 0 Å². The normalized spacial score (nSPS) is 10.1. The number of carbonyl (C=O) groups excluding carboxylic acids is 2. The molecule has 0 aliphatic carbocycles. The number of hydrogen-bond donors (Lipinski definition) is 0. The van der Waals surface area contributed by atoms with Crippen molar-refractivity contribution in [1.29, 1.82) is 0 Å². The summed E-state index contributed by atoms with van der Waals surface area (Å²) in [7, 11) is 2.77. The van der Waals surface area contributed by atoms with Gasteiger partial charge >= 0.3 is 11.9 Å². The largest absolute Gasteiger partial charge is 0.493 e. The van der Waals surface area contributed by atoms with E-state index in [1.807, 2.05) is 12.1 Å². The molecule has 0 aromatic heterocycles. The lowest BCUT2D eigenvalue weighted by atomic mass is 9.97. The second kappa shape index (κ2) is 13.7. The Hall–Kier alpha value is -2.48. The molecule has 1 aromatic carbocycles. The highest BCUT2D eigenvalue weighted by atomic mass is 16.5. The molecule has 0 aliphatic rings. The summed E-state index contributed by atoms with van der Waals surface area (Å²) in [5.74, 6) is 2.95. The summed E-state index contributed by atoms with van der Waals surface area (Å²) in [5.41, 5.74) is 2.22. The topological polar surface area (TPSA) is 61.8 Å². The number of ether oxygens (including phenoxy) is 3. The predicted molar refractivity (Wildman–Crippen MR) is 105 cm³/mol. The van der Waals surface area contributed by atoms with E-state index >= 15 is 0 Å². The zero-order valence-corrected chi connectivity index (χ0v) is 16.4. The highest BCUT2D eigenvalue weighted by Crippen LogP contribution is 2.26. The molecule has 0 N–H and O–H groups in total. The van der Waals surface area contributed by atoms with Crippen molar-refractivity contribution >= 4 is 11.9 Å². The number of benzene rings is 1. The lowest BCUT2D eigenvalue weighted by molar-refractivity contribution is -0.141. The molecule has 148 valence electrons. The van der Waals surface area contributed by atoms with Crippen LogP contribution in [-0.4, -0.2) is 32.8 Å². The molecule has 5 nitrogen and oxygen atoms in total. The molecular weight excluding hydrogens is 344 g/mol. The molecule has 1 aromatic rings. The minimum atomic E-state index is -0.245. The Balaban J connectivity index is 2.73.